The molecule has 4 unspecified atom stereocenters. The minimum Gasteiger partial charge on any atom is -0.133 e. The fraction of sp³-hybridized carbons (Fsp3) is 0.410. The predicted molar refractivity (Wildman–Crippen MR) is 376 cm³/mol. The fourth-order valence-corrected chi connectivity index (χ4v) is 21.1. The Hall–Kier alpha value is -5.10. The minimum absolute atomic E-state index is 0.667. The third-order valence-corrected chi connectivity index (χ3v) is 25.1. The zero-order valence-electron chi connectivity index (χ0n) is 50.5. The topological polar surface area (TPSA) is 0 Å². The Bertz CT molecular complexity index is 4200. The van der Waals surface area contributed by atoms with E-state index in [2.05, 4.69) is 210 Å². The van der Waals surface area contributed by atoms with Crippen LogP contribution in [0.5, 0.6) is 0 Å². The number of benzene rings is 9. The summed E-state index contributed by atoms with van der Waals surface area (Å²) in [6.07, 6.45) is 25.0. The van der Waals surface area contributed by atoms with Crippen LogP contribution < -0.4 is 0 Å². The molecule has 13 aromatic rings. The van der Waals surface area contributed by atoms with E-state index in [0.29, 0.717) is 23.7 Å². The molecule has 422 valence electrons. The number of thiophene rings is 4. The van der Waals surface area contributed by atoms with E-state index in [4.69, 9.17) is 0 Å². The van der Waals surface area contributed by atoms with Gasteiger partial charge in [0.1, 0.15) is 0 Å². The minimum atomic E-state index is 0.667. The van der Waals surface area contributed by atoms with Crippen LogP contribution in [0.1, 0.15) is 180 Å². The molecule has 0 N–H and O–H groups in total. The van der Waals surface area contributed by atoms with Crippen molar-refractivity contribution < 1.29 is 0 Å². The summed E-state index contributed by atoms with van der Waals surface area (Å²) in [5.41, 5.74) is 6.31. The molecule has 0 radical (unpaired) electrons. The monoisotopic (exact) mass is 1150 g/mol. The van der Waals surface area contributed by atoms with Gasteiger partial charge in [0.15, 0.2) is 0 Å². The number of rotatable bonds is 24. The predicted octanol–water partition coefficient (Wildman–Crippen LogP) is 26.8. The molecule has 0 saturated carbocycles. The second-order valence-corrected chi connectivity index (χ2v) is 29.4. The first-order chi connectivity index (χ1) is 40.3. The van der Waals surface area contributed by atoms with Crippen molar-refractivity contribution in [2.75, 3.05) is 0 Å². The highest BCUT2D eigenvalue weighted by Gasteiger charge is 2.27. The molecule has 82 heavy (non-hydrogen) atoms. The lowest BCUT2D eigenvalue weighted by Crippen LogP contribution is -2.04. The van der Waals surface area contributed by atoms with Crippen molar-refractivity contribution >= 4 is 169 Å². The molecule has 4 heteroatoms. The van der Waals surface area contributed by atoms with Crippen molar-refractivity contribution in [3.05, 3.63) is 131 Å². The highest BCUT2D eigenvalue weighted by molar-refractivity contribution is 7.38. The van der Waals surface area contributed by atoms with E-state index in [1.165, 1.54) is 186 Å². The van der Waals surface area contributed by atoms with Crippen molar-refractivity contribution in [2.24, 2.45) is 23.7 Å². The second-order valence-electron chi connectivity index (χ2n) is 25.3. The van der Waals surface area contributed by atoms with Crippen LogP contribution in [0.3, 0.4) is 0 Å². The zero-order chi connectivity index (χ0) is 56.2. The molecule has 0 fully saturated rings. The van der Waals surface area contributed by atoms with Crippen LogP contribution in [0.15, 0.2) is 109 Å². The maximum atomic E-state index is 2.71. The van der Waals surface area contributed by atoms with Gasteiger partial charge in [-0.3, -0.25) is 0 Å². The van der Waals surface area contributed by atoms with Crippen molar-refractivity contribution in [2.45, 2.75) is 184 Å². The van der Waals surface area contributed by atoms with Gasteiger partial charge in [0, 0.05) is 61.9 Å². The summed E-state index contributed by atoms with van der Waals surface area (Å²) in [6.45, 7) is 19.3. The van der Waals surface area contributed by atoms with Gasteiger partial charge in [-0.15, -0.1) is 45.3 Å². The lowest BCUT2D eigenvalue weighted by atomic mass is 9.87. The molecule has 13 rings (SSSR count). The largest absolute Gasteiger partial charge is 0.133 e. The standard InChI is InChI=1S/C78H86S4/c1-9-17-25-47(13-5)33-59-39-55-37-51-29-21-23-31-53(51)43-63(55)71-67(59)75-77(79-71)69-61(35-49(15-7)27-19-11-3)41-57-46-66-58(45-65(57)73(69)81-75)42-62(36-50(16-8)28-20-12-4)70-74(66)82-76-68-60(34-48(14-6)26-18-10-2)40-56-38-52-30-22-24-32-54(52)44-64(56)72(68)80-78(70)76/h21-24,29-32,37-50H,9-20,25-28,33-36H2,1-8H3. The van der Waals surface area contributed by atoms with E-state index in [0.717, 1.165) is 25.7 Å². The van der Waals surface area contributed by atoms with E-state index >= 15 is 0 Å². The molecule has 4 aromatic heterocycles. The molecule has 0 aliphatic rings. The van der Waals surface area contributed by atoms with Gasteiger partial charge in [0.25, 0.3) is 0 Å². The van der Waals surface area contributed by atoms with Crippen LogP contribution in [0.2, 0.25) is 0 Å². The van der Waals surface area contributed by atoms with Gasteiger partial charge in [-0.25, -0.2) is 0 Å². The number of hydrogen-bond acceptors (Lipinski definition) is 4. The summed E-state index contributed by atoms with van der Waals surface area (Å²) in [4.78, 5) is 0. The van der Waals surface area contributed by atoms with Gasteiger partial charge in [-0.05, 0) is 151 Å². The molecule has 9 aromatic carbocycles. The molecule has 4 heterocycles. The molecule has 0 spiro atoms. The average Bonchev–Trinajstić information content (AvgIpc) is 2.59. The van der Waals surface area contributed by atoms with Crippen molar-refractivity contribution in [1.29, 1.82) is 0 Å². The Labute approximate surface area is 504 Å². The maximum Gasteiger partial charge on any atom is 0.0545 e. The Kier molecular flexibility index (Phi) is 16.5. The van der Waals surface area contributed by atoms with E-state index in [-0.39, 0.29) is 0 Å². The summed E-state index contributed by atoms with van der Waals surface area (Å²) in [5.74, 6) is 2.71. The Morgan fingerprint density at radius 1 is 0.268 bits per heavy atom. The van der Waals surface area contributed by atoms with Crippen LogP contribution >= 0.6 is 45.3 Å². The van der Waals surface area contributed by atoms with Crippen LogP contribution in [-0.4, -0.2) is 0 Å². The first kappa shape index (κ1) is 56.1. The highest BCUT2D eigenvalue weighted by atomic mass is 32.1. The first-order valence-electron chi connectivity index (χ1n) is 32.5. The second kappa shape index (κ2) is 24.1. The summed E-state index contributed by atoms with van der Waals surface area (Å²) in [6, 6.07) is 44.2. The number of unbranched alkanes of at least 4 members (excludes halogenated alkanes) is 4. The quantitative estimate of drug-likeness (QED) is 0.0529. The zero-order valence-corrected chi connectivity index (χ0v) is 53.7. The molecular weight excluding hydrogens is 1070 g/mol. The SMILES string of the molecule is CCCCC(CC)Cc1cc2cc3ccccc3cc2c2sc3c(sc4c5cc6cc(CC(CC)CCCC)c7c(sc8c7sc7c9cc%10ccccc%10cc9cc(CC(CC)CCCC)c78)c6cc5cc(CC(CC)CCCC)c43)c12. The van der Waals surface area contributed by atoms with Crippen molar-refractivity contribution in [3.8, 4) is 0 Å². The van der Waals surface area contributed by atoms with E-state index < -0.39 is 0 Å². The molecular formula is C78H86S4. The van der Waals surface area contributed by atoms with E-state index in [9.17, 15) is 0 Å². The van der Waals surface area contributed by atoms with Gasteiger partial charge in [-0.1, -0.05) is 231 Å². The molecule has 0 nitrogen and oxygen atoms in total. The lowest BCUT2D eigenvalue weighted by Gasteiger charge is -2.18. The van der Waals surface area contributed by atoms with Crippen LogP contribution in [-0.2, 0) is 25.7 Å². The van der Waals surface area contributed by atoms with Gasteiger partial charge in [-0.2, -0.15) is 0 Å². The maximum absolute atomic E-state index is 2.71. The molecule has 0 bridgehead atoms. The third-order valence-electron chi connectivity index (χ3n) is 19.9. The Balaban J connectivity index is 1.10. The Morgan fingerprint density at radius 2 is 0.500 bits per heavy atom. The smallest absolute Gasteiger partial charge is 0.0545 e. The molecule has 0 amide bonds. The average molecular weight is 1150 g/mol. The van der Waals surface area contributed by atoms with Gasteiger partial charge in [0.2, 0.25) is 0 Å². The number of hydrogen-bond donors (Lipinski definition) is 0. The van der Waals surface area contributed by atoms with E-state index in [1.54, 1.807) is 62.6 Å². The highest BCUT2D eigenvalue weighted by Crippen LogP contribution is 2.55. The molecule has 0 aliphatic heterocycles. The molecule has 4 atom stereocenters. The Morgan fingerprint density at radius 3 is 0.744 bits per heavy atom. The van der Waals surface area contributed by atoms with Crippen molar-refractivity contribution in [1.82, 2.24) is 0 Å². The molecule has 0 aliphatic carbocycles. The first-order valence-corrected chi connectivity index (χ1v) is 35.8. The van der Waals surface area contributed by atoms with Crippen molar-refractivity contribution in [3.63, 3.8) is 0 Å². The normalized spacial score (nSPS) is 14.1. The summed E-state index contributed by atoms with van der Waals surface area (Å²) in [5, 5.41) is 23.1. The van der Waals surface area contributed by atoms with Crippen LogP contribution in [0, 0.1) is 23.7 Å². The summed E-state index contributed by atoms with van der Waals surface area (Å²) >= 11 is 8.56. The molecule has 0 saturated heterocycles. The van der Waals surface area contributed by atoms with Crippen LogP contribution in [0.4, 0.5) is 0 Å². The third kappa shape index (κ3) is 10.1. The van der Waals surface area contributed by atoms with Gasteiger partial charge in [0.05, 0.1) is 18.8 Å². The lowest BCUT2D eigenvalue weighted by molar-refractivity contribution is 0.450. The van der Waals surface area contributed by atoms with Gasteiger partial charge >= 0.3 is 0 Å². The number of fused-ring (bicyclic) bond motifs is 20. The summed E-state index contributed by atoms with van der Waals surface area (Å²) < 4.78 is 12.2. The summed E-state index contributed by atoms with van der Waals surface area (Å²) in [7, 11) is 0. The van der Waals surface area contributed by atoms with E-state index in [1.807, 2.05) is 0 Å². The van der Waals surface area contributed by atoms with Gasteiger partial charge < -0.3 is 0 Å². The van der Waals surface area contributed by atoms with Crippen LogP contribution in [0.25, 0.3) is 124 Å². The fourth-order valence-electron chi connectivity index (χ4n) is 14.9.